The van der Waals surface area contributed by atoms with Crippen LogP contribution in [0.4, 0.5) is 4.39 Å². The lowest BCUT2D eigenvalue weighted by molar-refractivity contribution is 0.297. The van der Waals surface area contributed by atoms with E-state index >= 15 is 0 Å². The largest absolute Gasteiger partial charge is 0.262 e. The van der Waals surface area contributed by atoms with Crippen LogP contribution in [0.5, 0.6) is 0 Å². The van der Waals surface area contributed by atoms with Gasteiger partial charge in [-0.25, -0.2) is 4.39 Å². The summed E-state index contributed by atoms with van der Waals surface area (Å²) in [5, 5.41) is 5.02. The SMILES string of the molecule is CC(C)c1ccc2c(cnn2C2CCC2)c1F. The van der Waals surface area contributed by atoms with Crippen LogP contribution in [0.3, 0.4) is 0 Å². The minimum Gasteiger partial charge on any atom is -0.262 e. The predicted octanol–water partition coefficient (Wildman–Crippen LogP) is 4.02. The highest BCUT2D eigenvalue weighted by Crippen LogP contribution is 2.35. The topological polar surface area (TPSA) is 17.8 Å². The normalized spacial score (nSPS) is 16.7. The second-order valence-electron chi connectivity index (χ2n) is 5.23. The molecule has 0 saturated heterocycles. The Morgan fingerprint density at radius 2 is 2.12 bits per heavy atom. The van der Waals surface area contributed by atoms with Gasteiger partial charge in [-0.2, -0.15) is 5.10 Å². The average Bonchev–Trinajstić information content (AvgIpc) is 2.60. The van der Waals surface area contributed by atoms with Crippen LogP contribution in [0, 0.1) is 5.82 Å². The van der Waals surface area contributed by atoms with Crippen molar-refractivity contribution in [3.05, 3.63) is 29.7 Å². The van der Waals surface area contributed by atoms with Gasteiger partial charge in [0.1, 0.15) is 5.82 Å². The Hall–Kier alpha value is -1.38. The standard InChI is InChI=1S/C14H17FN2/c1-9(2)11-6-7-13-12(14(11)15)8-16-17(13)10-4-3-5-10/h6-10H,3-5H2,1-2H3. The number of fused-ring (bicyclic) bond motifs is 1. The third-order valence-corrected chi connectivity index (χ3v) is 3.79. The molecule has 0 bridgehead atoms. The minimum absolute atomic E-state index is 0.0944. The average molecular weight is 232 g/mol. The van der Waals surface area contributed by atoms with E-state index in [9.17, 15) is 4.39 Å². The summed E-state index contributed by atoms with van der Waals surface area (Å²) in [5.74, 6) is 0.120. The predicted molar refractivity (Wildman–Crippen MR) is 66.7 cm³/mol. The highest BCUT2D eigenvalue weighted by atomic mass is 19.1. The van der Waals surface area contributed by atoms with E-state index in [4.69, 9.17) is 0 Å². The molecular weight excluding hydrogens is 215 g/mol. The van der Waals surface area contributed by atoms with Crippen molar-refractivity contribution in [1.29, 1.82) is 0 Å². The zero-order valence-corrected chi connectivity index (χ0v) is 10.3. The molecule has 1 aliphatic carbocycles. The van der Waals surface area contributed by atoms with Crippen LogP contribution in [0.1, 0.15) is 50.6 Å². The second-order valence-corrected chi connectivity index (χ2v) is 5.23. The van der Waals surface area contributed by atoms with Crippen LogP contribution in [0.2, 0.25) is 0 Å². The van der Waals surface area contributed by atoms with Crippen LogP contribution in [-0.2, 0) is 0 Å². The van der Waals surface area contributed by atoms with Gasteiger partial charge in [-0.3, -0.25) is 4.68 Å². The second kappa shape index (κ2) is 3.83. The number of halogens is 1. The molecule has 90 valence electrons. The van der Waals surface area contributed by atoms with Crippen molar-refractivity contribution in [2.24, 2.45) is 0 Å². The van der Waals surface area contributed by atoms with E-state index < -0.39 is 0 Å². The molecule has 17 heavy (non-hydrogen) atoms. The van der Waals surface area contributed by atoms with E-state index in [0.717, 1.165) is 11.1 Å². The third kappa shape index (κ3) is 1.56. The smallest absolute Gasteiger partial charge is 0.137 e. The zero-order valence-electron chi connectivity index (χ0n) is 10.3. The number of rotatable bonds is 2. The molecule has 1 saturated carbocycles. The number of aromatic nitrogens is 2. The molecular formula is C14H17FN2. The number of hydrogen-bond donors (Lipinski definition) is 0. The summed E-state index contributed by atoms with van der Waals surface area (Å²) >= 11 is 0. The summed E-state index contributed by atoms with van der Waals surface area (Å²) < 4.78 is 16.3. The van der Waals surface area contributed by atoms with E-state index in [0.29, 0.717) is 11.4 Å². The molecule has 1 aliphatic rings. The van der Waals surface area contributed by atoms with E-state index in [2.05, 4.69) is 5.10 Å². The number of benzene rings is 1. The molecule has 3 rings (SSSR count). The van der Waals surface area contributed by atoms with Crippen LogP contribution in [-0.4, -0.2) is 9.78 Å². The Bertz CT molecular complexity index is 553. The Balaban J connectivity index is 2.15. The summed E-state index contributed by atoms with van der Waals surface area (Å²) in [6.07, 6.45) is 5.28. The van der Waals surface area contributed by atoms with Crippen molar-refractivity contribution in [2.45, 2.75) is 45.1 Å². The molecule has 0 spiro atoms. The summed E-state index contributed by atoms with van der Waals surface area (Å²) in [7, 11) is 0. The molecule has 1 fully saturated rings. The first kappa shape index (κ1) is 10.8. The zero-order chi connectivity index (χ0) is 12.0. The van der Waals surface area contributed by atoms with Crippen LogP contribution in [0.15, 0.2) is 18.3 Å². The molecule has 3 heteroatoms. The molecule has 0 unspecified atom stereocenters. The summed E-state index contributed by atoms with van der Waals surface area (Å²) in [6.45, 7) is 4.03. The maximum Gasteiger partial charge on any atom is 0.137 e. The lowest BCUT2D eigenvalue weighted by atomic mass is 9.93. The van der Waals surface area contributed by atoms with Gasteiger partial charge in [0.15, 0.2) is 0 Å². The van der Waals surface area contributed by atoms with Crippen LogP contribution < -0.4 is 0 Å². The third-order valence-electron chi connectivity index (χ3n) is 3.79. The van der Waals surface area contributed by atoms with E-state index in [1.54, 1.807) is 6.20 Å². The number of hydrogen-bond acceptors (Lipinski definition) is 1. The van der Waals surface area contributed by atoms with Gasteiger partial charge in [0.05, 0.1) is 23.1 Å². The van der Waals surface area contributed by atoms with Gasteiger partial charge in [-0.15, -0.1) is 0 Å². The number of nitrogens with zero attached hydrogens (tertiary/aromatic N) is 2. The van der Waals surface area contributed by atoms with Crippen LogP contribution in [0.25, 0.3) is 10.9 Å². The van der Waals surface area contributed by atoms with Gasteiger partial charge in [0, 0.05) is 0 Å². The van der Waals surface area contributed by atoms with Crippen molar-refractivity contribution >= 4 is 10.9 Å². The summed E-state index contributed by atoms with van der Waals surface area (Å²) in [6, 6.07) is 4.40. The van der Waals surface area contributed by atoms with E-state index in [1.165, 1.54) is 19.3 Å². The van der Waals surface area contributed by atoms with Gasteiger partial charge in [-0.1, -0.05) is 19.9 Å². The molecule has 2 nitrogen and oxygen atoms in total. The van der Waals surface area contributed by atoms with Crippen molar-refractivity contribution in [3.8, 4) is 0 Å². The fourth-order valence-electron chi connectivity index (χ4n) is 2.47. The molecule has 2 aromatic rings. The highest BCUT2D eigenvalue weighted by molar-refractivity contribution is 5.80. The molecule has 1 aromatic carbocycles. The Kier molecular flexibility index (Phi) is 2.42. The van der Waals surface area contributed by atoms with Gasteiger partial charge in [0.2, 0.25) is 0 Å². The minimum atomic E-state index is -0.0944. The lowest BCUT2D eigenvalue weighted by Crippen LogP contribution is -2.17. The maximum atomic E-state index is 14.3. The molecule has 0 N–H and O–H groups in total. The highest BCUT2D eigenvalue weighted by Gasteiger charge is 2.23. The van der Waals surface area contributed by atoms with Crippen molar-refractivity contribution in [3.63, 3.8) is 0 Å². The van der Waals surface area contributed by atoms with Gasteiger partial charge >= 0.3 is 0 Å². The fraction of sp³-hybridized carbons (Fsp3) is 0.500. The maximum absolute atomic E-state index is 14.3. The lowest BCUT2D eigenvalue weighted by Gasteiger charge is -2.26. The Morgan fingerprint density at radius 1 is 1.35 bits per heavy atom. The van der Waals surface area contributed by atoms with Crippen LogP contribution >= 0.6 is 0 Å². The monoisotopic (exact) mass is 232 g/mol. The van der Waals surface area contributed by atoms with Crippen molar-refractivity contribution in [2.75, 3.05) is 0 Å². The first-order chi connectivity index (χ1) is 8.18. The first-order valence-electron chi connectivity index (χ1n) is 6.34. The van der Waals surface area contributed by atoms with Gasteiger partial charge in [-0.05, 0) is 36.8 Å². The van der Waals surface area contributed by atoms with Gasteiger partial charge in [0.25, 0.3) is 0 Å². The summed E-state index contributed by atoms with van der Waals surface area (Å²) in [5.41, 5.74) is 1.72. The quantitative estimate of drug-likeness (QED) is 0.764. The van der Waals surface area contributed by atoms with E-state index in [1.807, 2.05) is 30.7 Å². The summed E-state index contributed by atoms with van der Waals surface area (Å²) in [4.78, 5) is 0. The molecule has 0 atom stereocenters. The first-order valence-corrected chi connectivity index (χ1v) is 6.34. The Labute approximate surface area is 100 Å². The van der Waals surface area contributed by atoms with Crippen molar-refractivity contribution in [1.82, 2.24) is 9.78 Å². The molecule has 1 heterocycles. The fourth-order valence-corrected chi connectivity index (χ4v) is 2.47. The Morgan fingerprint density at radius 3 is 2.71 bits per heavy atom. The molecule has 0 radical (unpaired) electrons. The molecule has 0 amide bonds. The molecule has 1 aromatic heterocycles. The van der Waals surface area contributed by atoms with E-state index in [-0.39, 0.29) is 11.7 Å². The van der Waals surface area contributed by atoms with Crippen molar-refractivity contribution < 1.29 is 4.39 Å². The molecule has 0 aliphatic heterocycles. The van der Waals surface area contributed by atoms with Gasteiger partial charge < -0.3 is 0 Å².